The Morgan fingerprint density at radius 1 is 1.22 bits per heavy atom. The molecule has 202 valence electrons. The molecular formula is C29H44O7. The number of hydrogen-bond donors (Lipinski definition) is 0. The number of hydrogen-bond acceptors (Lipinski definition) is 7. The van der Waals surface area contributed by atoms with Gasteiger partial charge in [0.25, 0.3) is 0 Å². The minimum absolute atomic E-state index is 0.0229. The SMILES string of the molecule is C=C/C(C)=C\C[C@]1(C)[C@H](C)[C@@H](OCCCC)C[C@@]23C(=C[C@H](OC)C[C@@H]12)[C@@H](OC(C)=O)O[C@H]3OC(C)=O. The highest BCUT2D eigenvalue weighted by atomic mass is 16.8. The Bertz CT molecular complexity index is 892. The van der Waals surface area contributed by atoms with Crippen molar-refractivity contribution in [2.75, 3.05) is 13.7 Å². The van der Waals surface area contributed by atoms with E-state index in [9.17, 15) is 9.59 Å². The van der Waals surface area contributed by atoms with Crippen molar-refractivity contribution in [3.8, 4) is 0 Å². The maximum absolute atomic E-state index is 12.3. The number of carbonyl (C=O) groups excluding carboxylic acids is 2. The summed E-state index contributed by atoms with van der Waals surface area (Å²) in [6.45, 7) is 16.1. The van der Waals surface area contributed by atoms with Gasteiger partial charge >= 0.3 is 11.9 Å². The third-order valence-electron chi connectivity index (χ3n) is 8.71. The highest BCUT2D eigenvalue weighted by Crippen LogP contribution is 2.67. The van der Waals surface area contributed by atoms with Crippen LogP contribution in [0.2, 0.25) is 0 Å². The molecule has 0 unspecified atom stereocenters. The fourth-order valence-corrected chi connectivity index (χ4v) is 6.50. The van der Waals surface area contributed by atoms with E-state index >= 15 is 0 Å². The van der Waals surface area contributed by atoms with Gasteiger partial charge in [-0.15, -0.1) is 0 Å². The molecule has 1 heterocycles. The van der Waals surface area contributed by atoms with Crippen LogP contribution in [-0.2, 0) is 33.3 Å². The molecule has 3 aliphatic rings. The van der Waals surface area contributed by atoms with Gasteiger partial charge in [-0.25, -0.2) is 0 Å². The van der Waals surface area contributed by atoms with Gasteiger partial charge < -0.3 is 18.9 Å². The number of unbranched alkanes of at least 4 members (excludes halogenated alkanes) is 1. The summed E-state index contributed by atoms with van der Waals surface area (Å²) in [6.07, 6.45) is 8.17. The minimum Gasteiger partial charge on any atom is -0.435 e. The van der Waals surface area contributed by atoms with Gasteiger partial charge in [-0.05, 0) is 55.9 Å². The van der Waals surface area contributed by atoms with Crippen molar-refractivity contribution in [3.63, 3.8) is 0 Å². The molecule has 1 spiro atoms. The molecular weight excluding hydrogens is 460 g/mol. The molecule has 7 nitrogen and oxygen atoms in total. The van der Waals surface area contributed by atoms with Crippen LogP contribution >= 0.6 is 0 Å². The molecule has 1 saturated carbocycles. The lowest BCUT2D eigenvalue weighted by Gasteiger charge is -2.60. The van der Waals surface area contributed by atoms with E-state index in [0.29, 0.717) is 13.0 Å². The summed E-state index contributed by atoms with van der Waals surface area (Å²) in [5.41, 5.74) is 0.981. The van der Waals surface area contributed by atoms with Crippen molar-refractivity contribution in [3.05, 3.63) is 36.0 Å². The number of rotatable bonds is 10. The third kappa shape index (κ3) is 5.34. The average molecular weight is 505 g/mol. The van der Waals surface area contributed by atoms with Crippen LogP contribution in [0.4, 0.5) is 0 Å². The van der Waals surface area contributed by atoms with E-state index in [2.05, 4.69) is 40.3 Å². The summed E-state index contributed by atoms with van der Waals surface area (Å²) in [7, 11) is 1.69. The summed E-state index contributed by atoms with van der Waals surface area (Å²) in [4.78, 5) is 24.3. The van der Waals surface area contributed by atoms with Crippen LogP contribution < -0.4 is 0 Å². The van der Waals surface area contributed by atoms with Gasteiger partial charge in [-0.3, -0.25) is 14.3 Å². The number of carbonyl (C=O) groups is 2. The Kier molecular flexibility index (Phi) is 9.23. The number of allylic oxidation sites excluding steroid dienone is 3. The molecule has 0 bridgehead atoms. The number of ether oxygens (including phenoxy) is 5. The number of esters is 2. The van der Waals surface area contributed by atoms with Crippen LogP contribution in [0.3, 0.4) is 0 Å². The largest absolute Gasteiger partial charge is 0.435 e. The molecule has 0 aromatic heterocycles. The summed E-state index contributed by atoms with van der Waals surface area (Å²) >= 11 is 0. The Morgan fingerprint density at radius 3 is 2.50 bits per heavy atom. The quantitative estimate of drug-likeness (QED) is 0.168. The Hall–Kier alpha value is -1.96. The number of methoxy groups -OCH3 is 1. The van der Waals surface area contributed by atoms with Crippen molar-refractivity contribution in [1.82, 2.24) is 0 Å². The van der Waals surface area contributed by atoms with Gasteiger partial charge in [0.1, 0.15) is 0 Å². The lowest BCUT2D eigenvalue weighted by Crippen LogP contribution is -2.61. The molecule has 2 aliphatic carbocycles. The first-order chi connectivity index (χ1) is 17.0. The van der Waals surface area contributed by atoms with E-state index in [1.807, 2.05) is 12.2 Å². The van der Waals surface area contributed by atoms with Crippen LogP contribution in [0.5, 0.6) is 0 Å². The predicted octanol–water partition coefficient (Wildman–Crippen LogP) is 5.50. The fraction of sp³-hybridized carbons (Fsp3) is 0.724. The van der Waals surface area contributed by atoms with Crippen LogP contribution in [0.1, 0.15) is 73.6 Å². The lowest BCUT2D eigenvalue weighted by molar-refractivity contribution is -0.247. The Morgan fingerprint density at radius 2 is 1.92 bits per heavy atom. The van der Waals surface area contributed by atoms with Crippen molar-refractivity contribution in [1.29, 1.82) is 0 Å². The summed E-state index contributed by atoms with van der Waals surface area (Å²) in [5, 5.41) is 0. The third-order valence-corrected chi connectivity index (χ3v) is 8.71. The highest BCUT2D eigenvalue weighted by molar-refractivity contribution is 5.67. The van der Waals surface area contributed by atoms with Gasteiger partial charge in [0.05, 0.1) is 17.6 Å². The molecule has 0 N–H and O–H groups in total. The van der Waals surface area contributed by atoms with Crippen LogP contribution in [0, 0.1) is 22.7 Å². The zero-order chi connectivity index (χ0) is 26.7. The van der Waals surface area contributed by atoms with Crippen LogP contribution in [0.15, 0.2) is 36.0 Å². The van der Waals surface area contributed by atoms with E-state index in [4.69, 9.17) is 23.7 Å². The smallest absolute Gasteiger partial charge is 0.305 e. The van der Waals surface area contributed by atoms with Crippen molar-refractivity contribution in [2.24, 2.45) is 22.7 Å². The van der Waals surface area contributed by atoms with E-state index in [-0.39, 0.29) is 29.5 Å². The highest BCUT2D eigenvalue weighted by Gasteiger charge is 2.69. The lowest BCUT2D eigenvalue weighted by atomic mass is 9.45. The molecule has 1 aliphatic heterocycles. The molecule has 0 amide bonds. The van der Waals surface area contributed by atoms with Crippen LogP contribution in [-0.4, -0.2) is 50.4 Å². The van der Waals surface area contributed by atoms with Crippen molar-refractivity contribution >= 4 is 11.9 Å². The molecule has 0 aromatic rings. The summed E-state index contributed by atoms with van der Waals surface area (Å²) in [5.74, 6) is -0.657. The van der Waals surface area contributed by atoms with Gasteiger partial charge in [-0.2, -0.15) is 0 Å². The second-order valence-corrected chi connectivity index (χ2v) is 10.9. The second kappa shape index (κ2) is 11.6. The normalized spacial score (nSPS) is 38.0. The molecule has 0 aromatic carbocycles. The van der Waals surface area contributed by atoms with Gasteiger partial charge in [-0.1, -0.05) is 51.5 Å². The molecule has 8 atom stereocenters. The van der Waals surface area contributed by atoms with E-state index in [1.54, 1.807) is 7.11 Å². The van der Waals surface area contributed by atoms with Crippen molar-refractivity contribution < 1.29 is 33.3 Å². The molecule has 1 saturated heterocycles. The molecule has 0 radical (unpaired) electrons. The zero-order valence-corrected chi connectivity index (χ0v) is 23.0. The predicted molar refractivity (Wildman–Crippen MR) is 137 cm³/mol. The second-order valence-electron chi connectivity index (χ2n) is 10.9. The average Bonchev–Trinajstić information content (AvgIpc) is 3.10. The topological polar surface area (TPSA) is 80.3 Å². The van der Waals surface area contributed by atoms with Crippen molar-refractivity contribution in [2.45, 2.75) is 98.4 Å². The van der Waals surface area contributed by atoms with Crippen LogP contribution in [0.25, 0.3) is 0 Å². The molecule has 36 heavy (non-hydrogen) atoms. The molecule has 2 fully saturated rings. The van der Waals surface area contributed by atoms with E-state index < -0.39 is 29.9 Å². The fourth-order valence-electron chi connectivity index (χ4n) is 6.50. The van der Waals surface area contributed by atoms with Gasteiger partial charge in [0, 0.05) is 33.1 Å². The van der Waals surface area contributed by atoms with Gasteiger partial charge in [0.2, 0.25) is 12.6 Å². The molecule has 3 rings (SSSR count). The van der Waals surface area contributed by atoms with Gasteiger partial charge in [0.15, 0.2) is 0 Å². The summed E-state index contributed by atoms with van der Waals surface area (Å²) < 4.78 is 30.1. The minimum atomic E-state index is -0.938. The maximum atomic E-state index is 12.3. The first-order valence-electron chi connectivity index (χ1n) is 13.2. The Balaban J connectivity index is 2.20. The first kappa shape index (κ1) is 28.6. The maximum Gasteiger partial charge on any atom is 0.305 e. The monoisotopic (exact) mass is 504 g/mol. The molecule has 7 heteroatoms. The summed E-state index contributed by atoms with van der Waals surface area (Å²) in [6, 6.07) is 0. The zero-order valence-electron chi connectivity index (χ0n) is 23.0. The Labute approximate surface area is 216 Å². The standard InChI is InChI=1S/C29H44O7/c1-9-11-14-33-24-17-29-23(26(34-20(5)30)36-27(29)35-21(6)31)15-22(32-8)16-25(29)28(7,19(24)4)13-12-18(3)10-2/h10,12,15,19,22,24-27H,2,9,11,13-14,16-17H2,1,3-8H3/b18-12-/t19-,22+,24+,25+,26+,27-,28-,29-/m1/s1. The van der Waals surface area contributed by atoms with E-state index in [0.717, 1.165) is 36.8 Å². The van der Waals surface area contributed by atoms with E-state index in [1.165, 1.54) is 13.8 Å². The first-order valence-corrected chi connectivity index (χ1v) is 13.2.